The van der Waals surface area contributed by atoms with Crippen molar-refractivity contribution in [3.8, 4) is 0 Å². The normalized spacial score (nSPS) is 12.8. The van der Waals surface area contributed by atoms with Crippen LogP contribution in [0.4, 0.5) is 9.80 Å². The number of benzene rings is 1. The number of thiophene rings is 1. The predicted molar refractivity (Wildman–Crippen MR) is 105 cm³/mol. The quantitative estimate of drug-likeness (QED) is 0.829. The highest BCUT2D eigenvalue weighted by Crippen LogP contribution is 2.38. The Morgan fingerprint density at radius 2 is 1.85 bits per heavy atom. The van der Waals surface area contributed by atoms with Gasteiger partial charge in [-0.05, 0) is 56.7 Å². The van der Waals surface area contributed by atoms with Crippen LogP contribution >= 0.6 is 11.3 Å². The number of carbonyl (C=O) groups is 3. The largest absolute Gasteiger partial charge is 0.450 e. The highest BCUT2D eigenvalue weighted by Gasteiger charge is 2.27. The summed E-state index contributed by atoms with van der Waals surface area (Å²) in [7, 11) is 0. The molecule has 27 heavy (non-hydrogen) atoms. The first kappa shape index (κ1) is 19.1. The Bertz CT molecular complexity index is 888. The molecule has 0 saturated heterocycles. The van der Waals surface area contributed by atoms with E-state index in [-0.39, 0.29) is 12.5 Å². The van der Waals surface area contributed by atoms with Gasteiger partial charge in [0.2, 0.25) is 0 Å². The Hall–Kier alpha value is -2.67. The first-order chi connectivity index (χ1) is 13.0. The second-order valence-corrected chi connectivity index (χ2v) is 7.46. The summed E-state index contributed by atoms with van der Waals surface area (Å²) in [5.41, 5.74) is 2.72. The highest BCUT2D eigenvalue weighted by molar-refractivity contribution is 7.17. The molecule has 2 N–H and O–H groups in total. The lowest BCUT2D eigenvalue weighted by Crippen LogP contribution is -2.32. The van der Waals surface area contributed by atoms with Crippen LogP contribution in [-0.2, 0) is 17.6 Å². The maximum absolute atomic E-state index is 12.7. The number of hydrogen-bond acceptors (Lipinski definition) is 5. The standard InChI is InChI=1S/C20H22N2O4S/c1-3-26-20(25)22-18(24)16-14-10-6-7-11-15(14)27-19(16)21-17(23)13-9-5-4-8-12(13)2/h4-5,8-9H,3,6-7,10-11H2,1-2H3,(H,21,23)(H,22,24,25). The number of carbonyl (C=O) groups excluding carboxylic acids is 3. The van der Waals surface area contributed by atoms with Gasteiger partial charge in [0, 0.05) is 10.4 Å². The van der Waals surface area contributed by atoms with Crippen LogP contribution in [-0.4, -0.2) is 24.5 Å². The zero-order valence-electron chi connectivity index (χ0n) is 15.4. The zero-order valence-corrected chi connectivity index (χ0v) is 16.2. The minimum atomic E-state index is -0.783. The minimum absolute atomic E-state index is 0.178. The lowest BCUT2D eigenvalue weighted by molar-refractivity contribution is 0.0925. The van der Waals surface area contributed by atoms with Crippen molar-refractivity contribution in [1.82, 2.24) is 5.32 Å². The second kappa shape index (κ2) is 8.35. The van der Waals surface area contributed by atoms with Crippen LogP contribution in [0.15, 0.2) is 24.3 Å². The maximum atomic E-state index is 12.7. The summed E-state index contributed by atoms with van der Waals surface area (Å²) in [6, 6.07) is 7.28. The van der Waals surface area contributed by atoms with E-state index in [0.29, 0.717) is 16.1 Å². The third kappa shape index (κ3) is 4.19. The zero-order chi connectivity index (χ0) is 19.4. The molecule has 0 radical (unpaired) electrons. The van der Waals surface area contributed by atoms with Gasteiger partial charge in [-0.1, -0.05) is 18.2 Å². The van der Waals surface area contributed by atoms with Crippen molar-refractivity contribution < 1.29 is 19.1 Å². The fourth-order valence-electron chi connectivity index (χ4n) is 3.21. The number of imide groups is 1. The molecule has 0 atom stereocenters. The van der Waals surface area contributed by atoms with Gasteiger partial charge in [-0.3, -0.25) is 14.9 Å². The molecule has 3 rings (SSSR count). The molecule has 0 unspecified atom stereocenters. The summed E-state index contributed by atoms with van der Waals surface area (Å²) in [4.78, 5) is 38.2. The molecular formula is C20H22N2O4S. The predicted octanol–water partition coefficient (Wildman–Crippen LogP) is 4.07. The number of anilines is 1. The van der Waals surface area contributed by atoms with Gasteiger partial charge in [0.25, 0.3) is 11.8 Å². The lowest BCUT2D eigenvalue weighted by Gasteiger charge is -2.13. The van der Waals surface area contributed by atoms with Gasteiger partial charge in [-0.2, -0.15) is 0 Å². The Balaban J connectivity index is 1.91. The van der Waals surface area contributed by atoms with E-state index in [4.69, 9.17) is 4.74 Å². The molecule has 1 aliphatic rings. The van der Waals surface area contributed by atoms with Crippen LogP contribution in [0.25, 0.3) is 0 Å². The van der Waals surface area contributed by atoms with Gasteiger partial charge in [-0.15, -0.1) is 11.3 Å². The lowest BCUT2D eigenvalue weighted by atomic mass is 9.95. The van der Waals surface area contributed by atoms with Gasteiger partial charge in [0.05, 0.1) is 12.2 Å². The molecule has 0 aliphatic heterocycles. The molecule has 1 aromatic carbocycles. The van der Waals surface area contributed by atoms with Gasteiger partial charge in [0.1, 0.15) is 5.00 Å². The molecule has 2 aromatic rings. The number of fused-ring (bicyclic) bond motifs is 1. The molecule has 0 bridgehead atoms. The molecule has 1 heterocycles. The summed E-state index contributed by atoms with van der Waals surface area (Å²) < 4.78 is 4.81. The van der Waals surface area contributed by atoms with E-state index in [9.17, 15) is 14.4 Å². The molecule has 1 aliphatic carbocycles. The van der Waals surface area contributed by atoms with Crippen molar-refractivity contribution in [2.24, 2.45) is 0 Å². The van der Waals surface area contributed by atoms with Crippen LogP contribution < -0.4 is 10.6 Å². The number of rotatable bonds is 4. The van der Waals surface area contributed by atoms with E-state index in [2.05, 4.69) is 10.6 Å². The van der Waals surface area contributed by atoms with Crippen molar-refractivity contribution in [3.05, 3.63) is 51.4 Å². The summed E-state index contributed by atoms with van der Waals surface area (Å²) in [5, 5.41) is 5.61. The summed E-state index contributed by atoms with van der Waals surface area (Å²) >= 11 is 1.41. The summed E-state index contributed by atoms with van der Waals surface area (Å²) in [6.45, 7) is 3.71. The number of aryl methyl sites for hydroxylation is 2. The van der Waals surface area contributed by atoms with Crippen LogP contribution in [0.5, 0.6) is 0 Å². The number of hydrogen-bond donors (Lipinski definition) is 2. The first-order valence-electron chi connectivity index (χ1n) is 9.00. The molecule has 7 heteroatoms. The van der Waals surface area contributed by atoms with Crippen LogP contribution in [0.3, 0.4) is 0 Å². The average Bonchev–Trinajstić information content (AvgIpc) is 3.00. The summed E-state index contributed by atoms with van der Waals surface area (Å²) in [5.74, 6) is -0.801. The molecule has 3 amide bonds. The Kier molecular flexibility index (Phi) is 5.91. The monoisotopic (exact) mass is 386 g/mol. The van der Waals surface area contributed by atoms with E-state index in [0.717, 1.165) is 41.7 Å². The van der Waals surface area contributed by atoms with Crippen LogP contribution in [0, 0.1) is 6.92 Å². The summed E-state index contributed by atoms with van der Waals surface area (Å²) in [6.07, 6.45) is 2.89. The van der Waals surface area contributed by atoms with E-state index >= 15 is 0 Å². The van der Waals surface area contributed by atoms with Gasteiger partial charge in [-0.25, -0.2) is 4.79 Å². The molecule has 0 saturated carbocycles. The van der Waals surface area contributed by atoms with Crippen molar-refractivity contribution in [1.29, 1.82) is 0 Å². The molecule has 142 valence electrons. The smallest absolute Gasteiger partial charge is 0.414 e. The van der Waals surface area contributed by atoms with E-state index < -0.39 is 12.0 Å². The van der Waals surface area contributed by atoms with Crippen LogP contribution in [0.1, 0.15) is 56.5 Å². The van der Waals surface area contributed by atoms with Crippen molar-refractivity contribution in [2.75, 3.05) is 11.9 Å². The third-order valence-corrected chi connectivity index (χ3v) is 5.71. The van der Waals surface area contributed by atoms with Crippen molar-refractivity contribution >= 4 is 34.2 Å². The van der Waals surface area contributed by atoms with Gasteiger partial charge >= 0.3 is 6.09 Å². The van der Waals surface area contributed by atoms with E-state index in [1.54, 1.807) is 19.1 Å². The van der Waals surface area contributed by atoms with Crippen molar-refractivity contribution in [2.45, 2.75) is 39.5 Å². The first-order valence-corrected chi connectivity index (χ1v) is 9.82. The fraction of sp³-hybridized carbons (Fsp3) is 0.350. The third-order valence-electron chi connectivity index (χ3n) is 4.51. The van der Waals surface area contributed by atoms with Gasteiger partial charge in [0.15, 0.2) is 0 Å². The second-order valence-electron chi connectivity index (χ2n) is 6.36. The maximum Gasteiger partial charge on any atom is 0.414 e. The molecule has 0 spiro atoms. The number of alkyl carbamates (subject to hydrolysis) is 1. The fourth-order valence-corrected chi connectivity index (χ4v) is 4.50. The average molecular weight is 386 g/mol. The SMILES string of the molecule is CCOC(=O)NC(=O)c1c(NC(=O)c2ccccc2C)sc2c1CCCC2. The number of amides is 3. The Morgan fingerprint density at radius 1 is 1.11 bits per heavy atom. The molecule has 6 nitrogen and oxygen atoms in total. The van der Waals surface area contributed by atoms with E-state index in [1.807, 2.05) is 19.1 Å². The Labute approximate surface area is 161 Å². The van der Waals surface area contributed by atoms with Crippen LogP contribution in [0.2, 0.25) is 0 Å². The number of nitrogens with one attached hydrogen (secondary N) is 2. The minimum Gasteiger partial charge on any atom is -0.450 e. The highest BCUT2D eigenvalue weighted by atomic mass is 32.1. The molecule has 0 fully saturated rings. The van der Waals surface area contributed by atoms with Crippen molar-refractivity contribution in [3.63, 3.8) is 0 Å². The Morgan fingerprint density at radius 3 is 2.59 bits per heavy atom. The molecule has 1 aromatic heterocycles. The number of ether oxygens (including phenoxy) is 1. The van der Waals surface area contributed by atoms with E-state index in [1.165, 1.54) is 11.3 Å². The molecular weight excluding hydrogens is 364 g/mol. The van der Waals surface area contributed by atoms with Gasteiger partial charge < -0.3 is 10.1 Å². The topological polar surface area (TPSA) is 84.5 Å².